The lowest BCUT2D eigenvalue weighted by atomic mass is 9.95. The second-order valence-corrected chi connectivity index (χ2v) is 7.60. The van der Waals surface area contributed by atoms with E-state index in [1.807, 2.05) is 60.1 Å². The summed E-state index contributed by atoms with van der Waals surface area (Å²) in [4.78, 5) is 23.7. The number of thiazole rings is 1. The molecule has 0 N–H and O–H groups in total. The number of benzene rings is 1. The topological polar surface area (TPSA) is 51.0 Å². The molecule has 0 atom stereocenters. The molecule has 1 saturated heterocycles. The van der Waals surface area contributed by atoms with Gasteiger partial charge in [0.15, 0.2) is 0 Å². The summed E-state index contributed by atoms with van der Waals surface area (Å²) in [5.74, 6) is 1.75. The van der Waals surface area contributed by atoms with Gasteiger partial charge in [-0.1, -0.05) is 30.3 Å². The van der Waals surface area contributed by atoms with Crippen LogP contribution in [0.1, 0.15) is 30.3 Å². The van der Waals surface area contributed by atoms with Crippen molar-refractivity contribution < 1.29 is 4.79 Å². The number of aromatic nitrogens is 3. The van der Waals surface area contributed by atoms with Gasteiger partial charge in [-0.05, 0) is 12.8 Å². The highest BCUT2D eigenvalue weighted by molar-refractivity contribution is 7.13. The van der Waals surface area contributed by atoms with E-state index in [-0.39, 0.29) is 5.91 Å². The summed E-state index contributed by atoms with van der Waals surface area (Å²) in [7, 11) is 2.03. The summed E-state index contributed by atoms with van der Waals surface area (Å²) in [6.07, 6.45) is 6.17. The Morgan fingerprint density at radius 1 is 1.23 bits per heavy atom. The third kappa shape index (κ3) is 3.55. The lowest BCUT2D eigenvalue weighted by Gasteiger charge is -2.31. The standard InChI is InChI=1S/C20H22N4OS/c1-23-12-9-21-19(23)15-7-10-24(11-8-15)18(25)13-17-14-26-20(22-17)16-5-3-2-4-6-16/h2-6,9,12,14-15H,7-8,10-11,13H2,1H3. The number of carbonyl (C=O) groups excluding carboxylic acids is 1. The Bertz CT molecular complexity index is 878. The molecule has 0 bridgehead atoms. The Morgan fingerprint density at radius 3 is 2.69 bits per heavy atom. The van der Waals surface area contributed by atoms with Crippen LogP contribution in [-0.2, 0) is 18.3 Å². The molecule has 5 nitrogen and oxygen atoms in total. The fourth-order valence-corrected chi connectivity index (χ4v) is 4.35. The third-order valence-electron chi connectivity index (χ3n) is 4.98. The van der Waals surface area contributed by atoms with Crippen molar-refractivity contribution in [3.05, 3.63) is 59.6 Å². The van der Waals surface area contributed by atoms with Gasteiger partial charge in [-0.25, -0.2) is 9.97 Å². The van der Waals surface area contributed by atoms with Crippen molar-refractivity contribution in [2.45, 2.75) is 25.2 Å². The normalized spacial score (nSPS) is 15.3. The largest absolute Gasteiger partial charge is 0.342 e. The van der Waals surface area contributed by atoms with E-state index in [1.54, 1.807) is 11.3 Å². The van der Waals surface area contributed by atoms with Crippen LogP contribution in [0.3, 0.4) is 0 Å². The minimum Gasteiger partial charge on any atom is -0.342 e. The molecule has 0 aliphatic carbocycles. The van der Waals surface area contributed by atoms with Crippen LogP contribution >= 0.6 is 11.3 Å². The molecule has 134 valence electrons. The van der Waals surface area contributed by atoms with Crippen molar-refractivity contribution in [1.29, 1.82) is 0 Å². The molecule has 1 aliphatic heterocycles. The number of imidazole rings is 1. The Morgan fingerprint density at radius 2 is 2.00 bits per heavy atom. The molecule has 0 saturated carbocycles. The Balaban J connectivity index is 1.35. The van der Waals surface area contributed by atoms with E-state index in [0.29, 0.717) is 12.3 Å². The van der Waals surface area contributed by atoms with Crippen molar-refractivity contribution in [2.75, 3.05) is 13.1 Å². The average Bonchev–Trinajstić information content (AvgIpc) is 3.32. The molecule has 1 aromatic carbocycles. The van der Waals surface area contributed by atoms with E-state index in [4.69, 9.17) is 0 Å². The van der Waals surface area contributed by atoms with Crippen LogP contribution in [0.15, 0.2) is 48.1 Å². The minimum atomic E-state index is 0.174. The van der Waals surface area contributed by atoms with Crippen molar-refractivity contribution in [1.82, 2.24) is 19.4 Å². The first-order valence-corrected chi connectivity index (χ1v) is 9.83. The van der Waals surface area contributed by atoms with E-state index in [2.05, 4.69) is 14.5 Å². The number of hydrogen-bond acceptors (Lipinski definition) is 4. The molecule has 26 heavy (non-hydrogen) atoms. The molecule has 3 heterocycles. The Hall–Kier alpha value is -2.47. The first kappa shape index (κ1) is 17.0. The number of nitrogens with zero attached hydrogens (tertiary/aromatic N) is 4. The van der Waals surface area contributed by atoms with Gasteiger partial charge in [-0.15, -0.1) is 11.3 Å². The molecule has 0 unspecified atom stereocenters. The van der Waals surface area contributed by atoms with Crippen molar-refractivity contribution in [3.63, 3.8) is 0 Å². The molecule has 0 radical (unpaired) electrons. The number of rotatable bonds is 4. The molecule has 1 amide bonds. The smallest absolute Gasteiger partial charge is 0.228 e. The van der Waals surface area contributed by atoms with E-state index < -0.39 is 0 Å². The van der Waals surface area contributed by atoms with Gasteiger partial charge < -0.3 is 9.47 Å². The van der Waals surface area contributed by atoms with Gasteiger partial charge in [0.05, 0.1) is 12.1 Å². The zero-order valence-corrected chi connectivity index (χ0v) is 15.7. The maximum absolute atomic E-state index is 12.6. The van der Waals surface area contributed by atoms with Crippen molar-refractivity contribution >= 4 is 17.2 Å². The first-order valence-electron chi connectivity index (χ1n) is 8.95. The van der Waals surface area contributed by atoms with E-state index in [1.165, 1.54) is 0 Å². The molecular weight excluding hydrogens is 344 g/mol. The molecule has 4 rings (SSSR count). The van der Waals surface area contributed by atoms with Crippen LogP contribution in [0.4, 0.5) is 0 Å². The summed E-state index contributed by atoms with van der Waals surface area (Å²) >= 11 is 1.60. The summed E-state index contributed by atoms with van der Waals surface area (Å²) < 4.78 is 2.09. The van der Waals surface area contributed by atoms with E-state index in [9.17, 15) is 4.79 Å². The molecule has 1 aliphatic rings. The minimum absolute atomic E-state index is 0.174. The second-order valence-electron chi connectivity index (χ2n) is 6.74. The monoisotopic (exact) mass is 366 g/mol. The molecule has 1 fully saturated rings. The van der Waals surface area contributed by atoms with Gasteiger partial charge in [0.2, 0.25) is 5.91 Å². The number of carbonyl (C=O) groups is 1. The Kier molecular flexibility index (Phi) is 4.84. The highest BCUT2D eigenvalue weighted by atomic mass is 32.1. The van der Waals surface area contributed by atoms with E-state index in [0.717, 1.165) is 48.0 Å². The van der Waals surface area contributed by atoms with Crippen LogP contribution in [-0.4, -0.2) is 38.4 Å². The third-order valence-corrected chi connectivity index (χ3v) is 5.92. The van der Waals surface area contributed by atoms with Gasteiger partial charge in [-0.3, -0.25) is 4.79 Å². The maximum Gasteiger partial charge on any atom is 0.228 e. The zero-order valence-electron chi connectivity index (χ0n) is 14.8. The van der Waals surface area contributed by atoms with Crippen LogP contribution in [0.25, 0.3) is 10.6 Å². The molecule has 6 heteroatoms. The van der Waals surface area contributed by atoms with Crippen LogP contribution in [0.2, 0.25) is 0 Å². The van der Waals surface area contributed by atoms with Gasteiger partial charge >= 0.3 is 0 Å². The van der Waals surface area contributed by atoms with Crippen molar-refractivity contribution in [3.8, 4) is 10.6 Å². The lowest BCUT2D eigenvalue weighted by molar-refractivity contribution is -0.131. The number of piperidine rings is 1. The fraction of sp³-hybridized carbons (Fsp3) is 0.350. The fourth-order valence-electron chi connectivity index (χ4n) is 3.53. The molecule has 0 spiro atoms. The predicted octanol–water partition coefficient (Wildman–Crippen LogP) is 3.49. The summed E-state index contributed by atoms with van der Waals surface area (Å²) in [5, 5.41) is 2.97. The summed E-state index contributed by atoms with van der Waals surface area (Å²) in [5.41, 5.74) is 1.97. The first-order chi connectivity index (χ1) is 12.7. The number of likely N-dealkylation sites (tertiary alicyclic amines) is 1. The Labute approximate surface area is 157 Å². The van der Waals surface area contributed by atoms with Gasteiger partial charge in [-0.2, -0.15) is 0 Å². The zero-order chi connectivity index (χ0) is 17.9. The van der Waals surface area contributed by atoms with Crippen LogP contribution in [0, 0.1) is 0 Å². The van der Waals surface area contributed by atoms with Crippen LogP contribution < -0.4 is 0 Å². The van der Waals surface area contributed by atoms with Gasteiger partial charge in [0.1, 0.15) is 10.8 Å². The molecular formula is C20H22N4OS. The average molecular weight is 366 g/mol. The number of aryl methyl sites for hydroxylation is 1. The van der Waals surface area contributed by atoms with Gasteiger partial charge in [0, 0.05) is 49.4 Å². The molecule has 3 aromatic rings. The summed E-state index contributed by atoms with van der Waals surface area (Å²) in [6, 6.07) is 10.1. The van der Waals surface area contributed by atoms with Crippen molar-refractivity contribution in [2.24, 2.45) is 7.05 Å². The SMILES string of the molecule is Cn1ccnc1C1CCN(C(=O)Cc2csc(-c3ccccc3)n2)CC1. The molecule has 2 aromatic heterocycles. The quantitative estimate of drug-likeness (QED) is 0.710. The van der Waals surface area contributed by atoms with E-state index >= 15 is 0 Å². The lowest BCUT2D eigenvalue weighted by Crippen LogP contribution is -2.39. The highest BCUT2D eigenvalue weighted by Crippen LogP contribution is 2.27. The number of amides is 1. The number of hydrogen-bond donors (Lipinski definition) is 0. The predicted molar refractivity (Wildman–Crippen MR) is 103 cm³/mol. The van der Waals surface area contributed by atoms with Crippen LogP contribution in [0.5, 0.6) is 0 Å². The summed E-state index contributed by atoms with van der Waals surface area (Å²) in [6.45, 7) is 1.60. The maximum atomic E-state index is 12.6. The van der Waals surface area contributed by atoms with Gasteiger partial charge in [0.25, 0.3) is 0 Å². The second kappa shape index (κ2) is 7.41. The highest BCUT2D eigenvalue weighted by Gasteiger charge is 2.26.